The SMILES string of the molecule is Cn1cc([C@@H]2C[C@H](C(F)(F)F)n3nc(C(=O)NC4CCC4)cc3N2)cn1. The number of nitrogens with one attached hydrogen (secondary N) is 2. The molecule has 0 radical (unpaired) electrons. The van der Waals surface area contributed by atoms with Gasteiger partial charge in [0.2, 0.25) is 0 Å². The summed E-state index contributed by atoms with van der Waals surface area (Å²) < 4.78 is 43.2. The van der Waals surface area contributed by atoms with Crippen LogP contribution in [-0.4, -0.2) is 37.7 Å². The largest absolute Gasteiger partial charge is 0.410 e. The highest BCUT2D eigenvalue weighted by molar-refractivity contribution is 5.93. The zero-order valence-corrected chi connectivity index (χ0v) is 14.1. The standard InChI is InChI=1S/C16H19F3N6O/c1-24-8-9(7-20-24)11-5-13(16(17,18)19)25-14(22-11)6-12(23-25)15(26)21-10-3-2-4-10/h6-8,10-11,13,22H,2-5H2,1H3,(H,21,26)/t11-,13+/m0/s1. The van der Waals surface area contributed by atoms with Gasteiger partial charge in [-0.05, 0) is 19.3 Å². The maximum atomic E-state index is 13.6. The summed E-state index contributed by atoms with van der Waals surface area (Å²) in [6, 6.07) is -0.873. The van der Waals surface area contributed by atoms with Crippen molar-refractivity contribution < 1.29 is 18.0 Å². The fourth-order valence-corrected chi connectivity index (χ4v) is 3.34. The Kier molecular flexibility index (Phi) is 3.92. The van der Waals surface area contributed by atoms with E-state index in [1.54, 1.807) is 24.1 Å². The van der Waals surface area contributed by atoms with Gasteiger partial charge in [0.05, 0.1) is 12.2 Å². The van der Waals surface area contributed by atoms with Crippen LogP contribution in [-0.2, 0) is 7.05 Å². The van der Waals surface area contributed by atoms with Crippen LogP contribution in [0.2, 0.25) is 0 Å². The summed E-state index contributed by atoms with van der Waals surface area (Å²) in [6.45, 7) is 0. The highest BCUT2D eigenvalue weighted by Gasteiger charge is 2.47. The first-order valence-corrected chi connectivity index (χ1v) is 8.53. The summed E-state index contributed by atoms with van der Waals surface area (Å²) in [5.74, 6) is -0.247. The summed E-state index contributed by atoms with van der Waals surface area (Å²) in [4.78, 5) is 12.3. The molecule has 10 heteroatoms. The van der Waals surface area contributed by atoms with Crippen LogP contribution in [0.1, 0.15) is 53.8 Å². The zero-order valence-electron chi connectivity index (χ0n) is 14.1. The third-order valence-corrected chi connectivity index (χ3v) is 4.99. The molecule has 26 heavy (non-hydrogen) atoms. The fraction of sp³-hybridized carbons (Fsp3) is 0.562. The van der Waals surface area contributed by atoms with Crippen LogP contribution in [0, 0.1) is 0 Å². The Balaban J connectivity index is 1.63. The number of fused-ring (bicyclic) bond motifs is 1. The number of nitrogens with zero attached hydrogens (tertiary/aromatic N) is 4. The van der Waals surface area contributed by atoms with Gasteiger partial charge >= 0.3 is 6.18 Å². The van der Waals surface area contributed by atoms with Crippen molar-refractivity contribution in [1.29, 1.82) is 0 Å². The Labute approximate surface area is 147 Å². The normalized spacial score (nSPS) is 23.1. The number of carbonyl (C=O) groups excluding carboxylic acids is 1. The van der Waals surface area contributed by atoms with Gasteiger partial charge in [0, 0.05) is 37.3 Å². The first-order valence-electron chi connectivity index (χ1n) is 8.53. The zero-order chi connectivity index (χ0) is 18.5. The van der Waals surface area contributed by atoms with Crippen LogP contribution in [0.4, 0.5) is 19.0 Å². The summed E-state index contributed by atoms with van der Waals surface area (Å²) in [5, 5.41) is 13.8. The molecule has 2 aromatic rings. The Morgan fingerprint density at radius 2 is 2.15 bits per heavy atom. The maximum Gasteiger partial charge on any atom is 0.410 e. The molecule has 2 N–H and O–H groups in total. The molecule has 140 valence electrons. The molecule has 1 fully saturated rings. The van der Waals surface area contributed by atoms with Gasteiger partial charge in [-0.3, -0.25) is 9.48 Å². The highest BCUT2D eigenvalue weighted by atomic mass is 19.4. The van der Waals surface area contributed by atoms with Gasteiger partial charge in [-0.1, -0.05) is 0 Å². The van der Waals surface area contributed by atoms with Crippen molar-refractivity contribution in [3.8, 4) is 0 Å². The lowest BCUT2D eigenvalue weighted by atomic mass is 9.93. The molecule has 0 bridgehead atoms. The van der Waals surface area contributed by atoms with Gasteiger partial charge in [-0.15, -0.1) is 0 Å². The van der Waals surface area contributed by atoms with E-state index in [0.717, 1.165) is 23.9 Å². The molecule has 2 aromatic heterocycles. The summed E-state index contributed by atoms with van der Waals surface area (Å²) in [7, 11) is 1.71. The molecule has 3 heterocycles. The molecular formula is C16H19F3N6O. The van der Waals surface area contributed by atoms with Crippen LogP contribution in [0.25, 0.3) is 0 Å². The lowest BCUT2D eigenvalue weighted by Gasteiger charge is -2.32. The average molecular weight is 368 g/mol. The van der Waals surface area contributed by atoms with Crippen molar-refractivity contribution in [1.82, 2.24) is 24.9 Å². The number of hydrogen-bond donors (Lipinski definition) is 2. The van der Waals surface area contributed by atoms with Gasteiger partial charge in [-0.25, -0.2) is 4.68 Å². The Morgan fingerprint density at radius 1 is 1.38 bits per heavy atom. The number of aromatic nitrogens is 4. The number of halogens is 3. The predicted molar refractivity (Wildman–Crippen MR) is 86.6 cm³/mol. The number of amides is 1. The van der Waals surface area contributed by atoms with Crippen molar-refractivity contribution in [2.75, 3.05) is 5.32 Å². The molecule has 1 aliphatic carbocycles. The topological polar surface area (TPSA) is 76.8 Å². The summed E-state index contributed by atoms with van der Waals surface area (Å²) in [5.41, 5.74) is 0.662. The Hall–Kier alpha value is -2.52. The maximum absolute atomic E-state index is 13.6. The minimum Gasteiger partial charge on any atom is -0.363 e. The van der Waals surface area contributed by atoms with Crippen molar-refractivity contribution >= 4 is 11.7 Å². The van der Waals surface area contributed by atoms with E-state index in [4.69, 9.17) is 0 Å². The van der Waals surface area contributed by atoms with Crippen LogP contribution in [0.5, 0.6) is 0 Å². The second-order valence-electron chi connectivity index (χ2n) is 6.90. The Morgan fingerprint density at radius 3 is 2.73 bits per heavy atom. The first-order chi connectivity index (χ1) is 12.3. The number of alkyl halides is 3. The number of aryl methyl sites for hydroxylation is 1. The molecule has 0 spiro atoms. The number of anilines is 1. The van der Waals surface area contributed by atoms with Crippen molar-refractivity contribution in [3.05, 3.63) is 29.7 Å². The van der Waals surface area contributed by atoms with Gasteiger partial charge in [0.25, 0.3) is 5.91 Å². The molecule has 0 aromatic carbocycles. The molecule has 1 aliphatic heterocycles. The van der Waals surface area contributed by atoms with Gasteiger partial charge in [-0.2, -0.15) is 23.4 Å². The van der Waals surface area contributed by atoms with E-state index in [9.17, 15) is 18.0 Å². The Bertz CT molecular complexity index is 822. The van der Waals surface area contributed by atoms with E-state index >= 15 is 0 Å². The first kappa shape index (κ1) is 16.9. The van der Waals surface area contributed by atoms with E-state index in [-0.39, 0.29) is 24.0 Å². The molecule has 2 atom stereocenters. The van der Waals surface area contributed by atoms with E-state index in [1.165, 1.54) is 6.07 Å². The van der Waals surface area contributed by atoms with Crippen LogP contribution in [0.3, 0.4) is 0 Å². The van der Waals surface area contributed by atoms with Crippen molar-refractivity contribution in [2.45, 2.75) is 50.0 Å². The monoisotopic (exact) mass is 368 g/mol. The van der Waals surface area contributed by atoms with E-state index in [1.807, 2.05) is 0 Å². The van der Waals surface area contributed by atoms with Crippen LogP contribution in [0.15, 0.2) is 18.5 Å². The quantitative estimate of drug-likeness (QED) is 0.873. The minimum absolute atomic E-state index is 0.000451. The molecule has 1 saturated carbocycles. The molecule has 0 saturated heterocycles. The third-order valence-electron chi connectivity index (χ3n) is 4.99. The molecule has 0 unspecified atom stereocenters. The molecule has 7 nitrogen and oxygen atoms in total. The van der Waals surface area contributed by atoms with Crippen LogP contribution < -0.4 is 10.6 Å². The second kappa shape index (κ2) is 6.03. The van der Waals surface area contributed by atoms with E-state index in [0.29, 0.717) is 5.56 Å². The fourth-order valence-electron chi connectivity index (χ4n) is 3.34. The summed E-state index contributed by atoms with van der Waals surface area (Å²) >= 11 is 0. The average Bonchev–Trinajstić information content (AvgIpc) is 3.14. The van der Waals surface area contributed by atoms with Crippen molar-refractivity contribution in [3.63, 3.8) is 0 Å². The molecule has 4 rings (SSSR count). The van der Waals surface area contributed by atoms with Crippen LogP contribution >= 0.6 is 0 Å². The second-order valence-corrected chi connectivity index (χ2v) is 6.90. The van der Waals surface area contributed by atoms with Crippen molar-refractivity contribution in [2.24, 2.45) is 7.05 Å². The van der Waals surface area contributed by atoms with E-state index in [2.05, 4.69) is 20.8 Å². The molecule has 1 amide bonds. The number of carbonyl (C=O) groups is 1. The molecular weight excluding hydrogens is 349 g/mol. The van der Waals surface area contributed by atoms with Gasteiger partial charge in [0.15, 0.2) is 11.7 Å². The highest BCUT2D eigenvalue weighted by Crippen LogP contribution is 2.43. The minimum atomic E-state index is -4.47. The lowest BCUT2D eigenvalue weighted by molar-refractivity contribution is -0.173. The predicted octanol–water partition coefficient (Wildman–Crippen LogP) is 2.56. The number of hydrogen-bond acceptors (Lipinski definition) is 4. The smallest absolute Gasteiger partial charge is 0.363 e. The summed E-state index contributed by atoms with van der Waals surface area (Å²) in [6.07, 6.45) is 1.38. The van der Waals surface area contributed by atoms with E-state index < -0.39 is 24.2 Å². The third kappa shape index (κ3) is 3.04. The molecule has 2 aliphatic rings. The van der Waals surface area contributed by atoms with Gasteiger partial charge in [0.1, 0.15) is 5.82 Å². The number of rotatable bonds is 3. The lowest BCUT2D eigenvalue weighted by Crippen LogP contribution is -2.39. The van der Waals surface area contributed by atoms with Gasteiger partial charge < -0.3 is 10.6 Å².